The second kappa shape index (κ2) is 6.54. The number of carboxylic acid groups (broad SMARTS) is 1. The molecule has 1 amide bonds. The highest BCUT2D eigenvalue weighted by Crippen LogP contribution is 2.42. The van der Waals surface area contributed by atoms with Crippen molar-refractivity contribution < 1.29 is 14.7 Å². The van der Waals surface area contributed by atoms with Gasteiger partial charge >= 0.3 is 5.97 Å². The minimum atomic E-state index is -0.822. The van der Waals surface area contributed by atoms with Crippen molar-refractivity contribution in [2.75, 3.05) is 5.32 Å². The maximum Gasteiger partial charge on any atom is 0.303 e. The molecule has 1 aliphatic carbocycles. The molecule has 0 radical (unpaired) electrons. The summed E-state index contributed by atoms with van der Waals surface area (Å²) < 4.78 is 0.732. The third-order valence-corrected chi connectivity index (χ3v) is 4.58. The maximum absolute atomic E-state index is 12.3. The number of anilines is 1. The van der Waals surface area contributed by atoms with E-state index < -0.39 is 5.97 Å². The largest absolute Gasteiger partial charge is 0.481 e. The van der Waals surface area contributed by atoms with Crippen molar-refractivity contribution in [2.45, 2.75) is 31.6 Å². The van der Waals surface area contributed by atoms with Crippen molar-refractivity contribution in [1.82, 2.24) is 10.2 Å². The number of carboxylic acids is 1. The molecule has 3 N–H and O–H groups in total. The zero-order chi connectivity index (χ0) is 16.4. The van der Waals surface area contributed by atoms with Crippen LogP contribution in [0, 0.1) is 0 Å². The smallest absolute Gasteiger partial charge is 0.303 e. The predicted molar refractivity (Wildman–Crippen MR) is 88.6 cm³/mol. The van der Waals surface area contributed by atoms with Gasteiger partial charge in [0, 0.05) is 18.0 Å². The summed E-state index contributed by atoms with van der Waals surface area (Å²) in [5.41, 5.74) is 2.90. The van der Waals surface area contributed by atoms with E-state index in [0.717, 1.165) is 28.6 Å². The van der Waals surface area contributed by atoms with Crippen LogP contribution in [0.25, 0.3) is 0 Å². The molecule has 2 aromatic rings. The third-order valence-electron chi connectivity index (χ3n) is 3.77. The van der Waals surface area contributed by atoms with Crippen LogP contribution >= 0.6 is 15.9 Å². The molecule has 1 fully saturated rings. The first-order valence-electron chi connectivity index (χ1n) is 7.40. The van der Waals surface area contributed by atoms with Crippen molar-refractivity contribution in [2.24, 2.45) is 0 Å². The fourth-order valence-corrected chi connectivity index (χ4v) is 3.01. The van der Waals surface area contributed by atoms with Gasteiger partial charge in [0.05, 0.1) is 10.2 Å². The molecule has 23 heavy (non-hydrogen) atoms. The number of aromatic nitrogens is 2. The molecule has 0 atom stereocenters. The minimum absolute atomic E-state index is 0.0931. The number of nitrogens with one attached hydrogen (secondary N) is 2. The topological polar surface area (TPSA) is 95.1 Å². The molecule has 1 aromatic heterocycles. The van der Waals surface area contributed by atoms with Crippen LogP contribution in [0.15, 0.2) is 28.7 Å². The van der Waals surface area contributed by atoms with Crippen molar-refractivity contribution in [3.05, 3.63) is 45.7 Å². The Morgan fingerprint density at radius 2 is 2.00 bits per heavy atom. The number of benzene rings is 1. The van der Waals surface area contributed by atoms with Gasteiger partial charge in [-0.25, -0.2) is 0 Å². The zero-order valence-corrected chi connectivity index (χ0v) is 13.9. The molecule has 1 saturated carbocycles. The Labute approximate surface area is 141 Å². The molecule has 0 bridgehead atoms. The number of rotatable bonds is 6. The lowest BCUT2D eigenvalue weighted by molar-refractivity contribution is -0.136. The van der Waals surface area contributed by atoms with E-state index in [4.69, 9.17) is 5.11 Å². The lowest BCUT2D eigenvalue weighted by Crippen LogP contribution is -2.13. The highest BCUT2D eigenvalue weighted by molar-refractivity contribution is 9.10. The van der Waals surface area contributed by atoms with Crippen LogP contribution in [0.4, 0.5) is 5.69 Å². The molecule has 0 saturated heterocycles. The third kappa shape index (κ3) is 3.79. The quantitative estimate of drug-likeness (QED) is 0.719. The van der Waals surface area contributed by atoms with Crippen molar-refractivity contribution >= 4 is 33.5 Å². The Hall–Kier alpha value is -2.15. The summed E-state index contributed by atoms with van der Waals surface area (Å²) >= 11 is 3.44. The Morgan fingerprint density at radius 1 is 1.30 bits per heavy atom. The van der Waals surface area contributed by atoms with Crippen LogP contribution in [-0.2, 0) is 11.2 Å². The van der Waals surface area contributed by atoms with Gasteiger partial charge in [-0.05, 0) is 52.9 Å². The number of amides is 1. The monoisotopic (exact) mass is 377 g/mol. The fourth-order valence-electron chi connectivity index (χ4n) is 2.33. The van der Waals surface area contributed by atoms with E-state index in [9.17, 15) is 9.59 Å². The Balaban J connectivity index is 1.64. The molecule has 120 valence electrons. The first-order chi connectivity index (χ1) is 11.0. The molecular formula is C16H16BrN3O3. The molecule has 1 aliphatic rings. The van der Waals surface area contributed by atoms with Crippen LogP contribution in [0.5, 0.6) is 0 Å². The zero-order valence-electron chi connectivity index (χ0n) is 12.3. The van der Waals surface area contributed by atoms with Crippen molar-refractivity contribution in [3.63, 3.8) is 0 Å². The molecule has 0 spiro atoms. The number of carbonyl (C=O) groups is 2. The van der Waals surface area contributed by atoms with Crippen LogP contribution in [0.3, 0.4) is 0 Å². The summed E-state index contributed by atoms with van der Waals surface area (Å²) in [7, 11) is 0. The fraction of sp³-hybridized carbons (Fsp3) is 0.312. The van der Waals surface area contributed by atoms with Crippen LogP contribution in [-0.4, -0.2) is 27.2 Å². The number of carbonyl (C=O) groups excluding carboxylic acids is 1. The summed E-state index contributed by atoms with van der Waals surface area (Å²) in [5.74, 6) is -0.623. The number of aromatic amines is 1. The number of hydrogen-bond acceptors (Lipinski definition) is 3. The lowest BCUT2D eigenvalue weighted by Gasteiger charge is -2.05. The van der Waals surface area contributed by atoms with E-state index in [1.165, 1.54) is 0 Å². The Morgan fingerprint density at radius 3 is 2.61 bits per heavy atom. The van der Waals surface area contributed by atoms with Gasteiger partial charge in [0.25, 0.3) is 5.91 Å². The number of nitrogens with zero attached hydrogens (tertiary/aromatic N) is 1. The van der Waals surface area contributed by atoms with E-state index in [1.807, 2.05) is 12.1 Å². The highest BCUT2D eigenvalue weighted by Gasteiger charge is 2.30. The van der Waals surface area contributed by atoms with Gasteiger partial charge in [-0.3, -0.25) is 14.7 Å². The number of hydrogen-bond donors (Lipinski definition) is 3. The van der Waals surface area contributed by atoms with E-state index in [1.54, 1.807) is 12.1 Å². The van der Waals surface area contributed by atoms with Gasteiger partial charge in [0.15, 0.2) is 5.69 Å². The average molecular weight is 378 g/mol. The van der Waals surface area contributed by atoms with E-state index in [2.05, 4.69) is 31.4 Å². The normalized spacial score (nSPS) is 13.8. The molecule has 0 aliphatic heterocycles. The molecule has 3 rings (SSSR count). The summed E-state index contributed by atoms with van der Waals surface area (Å²) in [5, 5.41) is 18.5. The van der Waals surface area contributed by atoms with Gasteiger partial charge in [0.2, 0.25) is 0 Å². The van der Waals surface area contributed by atoms with Gasteiger partial charge in [-0.2, -0.15) is 5.10 Å². The van der Waals surface area contributed by atoms with Gasteiger partial charge in [0.1, 0.15) is 0 Å². The number of aliphatic carboxylic acids is 1. The molecule has 7 heteroatoms. The molecular weight excluding hydrogens is 362 g/mol. The van der Waals surface area contributed by atoms with Crippen molar-refractivity contribution in [1.29, 1.82) is 0 Å². The van der Waals surface area contributed by atoms with Gasteiger partial charge in [-0.15, -0.1) is 0 Å². The van der Waals surface area contributed by atoms with Crippen LogP contribution < -0.4 is 5.32 Å². The van der Waals surface area contributed by atoms with Gasteiger partial charge < -0.3 is 10.4 Å². The van der Waals surface area contributed by atoms with Crippen LogP contribution in [0.2, 0.25) is 0 Å². The van der Waals surface area contributed by atoms with E-state index in [0.29, 0.717) is 23.7 Å². The molecule has 1 heterocycles. The number of H-pyrrole nitrogens is 1. The Kier molecular flexibility index (Phi) is 4.47. The van der Waals surface area contributed by atoms with Crippen LogP contribution in [0.1, 0.15) is 46.9 Å². The number of aryl methyl sites for hydroxylation is 1. The SMILES string of the molecule is O=C(O)CCc1ccc(NC(=O)c2n[nH]c(C3CC3)c2Br)cc1. The lowest BCUT2D eigenvalue weighted by atomic mass is 10.1. The van der Waals surface area contributed by atoms with E-state index in [-0.39, 0.29) is 12.3 Å². The molecule has 0 unspecified atom stereocenters. The standard InChI is InChI=1S/C16H16BrN3O3/c17-13-14(10-4-5-10)19-20-15(13)16(23)18-11-6-1-9(2-7-11)3-8-12(21)22/h1-2,6-7,10H,3-5,8H2,(H,18,23)(H,19,20)(H,21,22). The maximum atomic E-state index is 12.3. The minimum Gasteiger partial charge on any atom is -0.481 e. The second-order valence-corrected chi connectivity index (χ2v) is 6.41. The first kappa shape index (κ1) is 15.7. The molecule has 6 nitrogen and oxygen atoms in total. The Bertz CT molecular complexity index is 736. The summed E-state index contributed by atoms with van der Waals surface area (Å²) in [6.07, 6.45) is 2.81. The number of halogens is 1. The van der Waals surface area contributed by atoms with Crippen molar-refractivity contribution in [3.8, 4) is 0 Å². The van der Waals surface area contributed by atoms with Gasteiger partial charge in [-0.1, -0.05) is 12.1 Å². The average Bonchev–Trinajstić information content (AvgIpc) is 3.29. The highest BCUT2D eigenvalue weighted by atomic mass is 79.9. The second-order valence-electron chi connectivity index (χ2n) is 5.62. The summed E-state index contributed by atoms with van der Waals surface area (Å²) in [6.45, 7) is 0. The predicted octanol–water partition coefficient (Wildman–Crippen LogP) is 3.32. The molecule has 1 aromatic carbocycles. The van der Waals surface area contributed by atoms with E-state index >= 15 is 0 Å². The summed E-state index contributed by atoms with van der Waals surface area (Å²) in [4.78, 5) is 22.8. The summed E-state index contributed by atoms with van der Waals surface area (Å²) in [6, 6.07) is 7.15. The first-order valence-corrected chi connectivity index (χ1v) is 8.19.